The fourth-order valence-electron chi connectivity index (χ4n) is 4.27. The lowest BCUT2D eigenvalue weighted by Crippen LogP contribution is -2.38. The maximum atomic E-state index is 2.29. The Kier molecular flexibility index (Phi) is 14.6. The molecule has 36 heavy (non-hydrogen) atoms. The first kappa shape index (κ1) is 30.7. The van der Waals surface area contributed by atoms with E-state index < -0.39 is 0 Å². The van der Waals surface area contributed by atoms with Gasteiger partial charge in [0.05, 0.1) is 0 Å². The van der Waals surface area contributed by atoms with Crippen LogP contribution in [0.5, 0.6) is 0 Å². The molecule has 0 N–H and O–H groups in total. The molecule has 0 radical (unpaired) electrons. The molecule has 0 aliphatic carbocycles. The topological polar surface area (TPSA) is 11.6 Å². The summed E-state index contributed by atoms with van der Waals surface area (Å²) in [6.45, 7) is 21.5. The average molecular weight is 487 g/mol. The minimum absolute atomic E-state index is 0.887. The summed E-state index contributed by atoms with van der Waals surface area (Å²) in [6.07, 6.45) is 12.9. The zero-order chi connectivity index (χ0) is 26.9. The van der Waals surface area contributed by atoms with Gasteiger partial charge in [0.2, 0.25) is 0 Å². The van der Waals surface area contributed by atoms with Gasteiger partial charge in [-0.05, 0) is 37.5 Å². The molecule has 0 saturated heterocycles. The molecular weight excluding hydrogens is 438 g/mol. The zero-order valence-corrected chi connectivity index (χ0v) is 24.1. The van der Waals surface area contributed by atoms with Crippen LogP contribution in [0.1, 0.15) is 74.9 Å². The molecule has 3 aromatic heterocycles. The highest BCUT2D eigenvalue weighted by Gasteiger charge is 2.23. The van der Waals surface area contributed by atoms with Crippen molar-refractivity contribution in [2.45, 2.75) is 81.9 Å². The standard InChI is InChI=1S/C27H30N3.3C2H6/c1-22-25(19-28-13-7-4-8-14-28)23(2)27(21-30-17-11-6-12-18-30)24(3)26(22)20-29-15-9-5-10-16-29;3*1-2/h4-18H,19-21H2,1-3H3;3*1-2H3/q+3;;;. The molecule has 0 fully saturated rings. The van der Waals surface area contributed by atoms with E-state index in [1.165, 1.54) is 33.4 Å². The van der Waals surface area contributed by atoms with Crippen LogP contribution in [0.25, 0.3) is 0 Å². The SMILES string of the molecule is CC.CC.CC.Cc1c(C[n+]2ccccc2)c(C)c(C[n+]2ccccc2)c(C)c1C[n+]1ccccc1. The molecule has 3 heteroatoms. The first-order valence-corrected chi connectivity index (χ1v) is 13.6. The average Bonchev–Trinajstić information content (AvgIpc) is 2.96. The fourth-order valence-corrected chi connectivity index (χ4v) is 4.27. The van der Waals surface area contributed by atoms with Crippen molar-refractivity contribution >= 4 is 0 Å². The molecule has 0 bridgehead atoms. The summed E-state index contributed by atoms with van der Waals surface area (Å²) in [5.74, 6) is 0. The van der Waals surface area contributed by atoms with E-state index in [1.807, 2.05) is 41.5 Å². The lowest BCUT2D eigenvalue weighted by Gasteiger charge is -2.18. The fraction of sp³-hybridized carbons (Fsp3) is 0.364. The van der Waals surface area contributed by atoms with Gasteiger partial charge < -0.3 is 0 Å². The number of hydrogen-bond acceptors (Lipinski definition) is 0. The molecule has 3 nitrogen and oxygen atoms in total. The molecule has 0 aliphatic heterocycles. The van der Waals surface area contributed by atoms with Crippen molar-refractivity contribution in [1.29, 1.82) is 0 Å². The van der Waals surface area contributed by atoms with Crippen LogP contribution in [-0.4, -0.2) is 0 Å². The summed E-state index contributed by atoms with van der Waals surface area (Å²) in [5.41, 5.74) is 8.48. The number of aromatic nitrogens is 3. The smallest absolute Gasteiger partial charge is 0.174 e. The van der Waals surface area contributed by atoms with Gasteiger partial charge in [0.25, 0.3) is 0 Å². The van der Waals surface area contributed by atoms with Gasteiger partial charge in [-0.25, -0.2) is 13.7 Å². The Bertz CT molecular complexity index is 955. The molecule has 0 unspecified atom stereocenters. The van der Waals surface area contributed by atoms with Gasteiger partial charge in [0.1, 0.15) is 0 Å². The Morgan fingerprint density at radius 3 is 0.750 bits per heavy atom. The highest BCUT2D eigenvalue weighted by molar-refractivity contribution is 5.49. The number of nitrogens with zero attached hydrogens (tertiary/aromatic N) is 3. The minimum Gasteiger partial charge on any atom is -0.201 e. The molecule has 1 aromatic carbocycles. The summed E-state index contributed by atoms with van der Waals surface area (Å²) >= 11 is 0. The van der Waals surface area contributed by atoms with Crippen molar-refractivity contribution in [3.8, 4) is 0 Å². The number of pyridine rings is 3. The molecule has 0 amide bonds. The Balaban J connectivity index is 0.00000101. The first-order chi connectivity index (χ1) is 17.6. The van der Waals surface area contributed by atoms with Gasteiger partial charge in [0, 0.05) is 53.1 Å². The van der Waals surface area contributed by atoms with E-state index >= 15 is 0 Å². The van der Waals surface area contributed by atoms with Crippen LogP contribution in [0.15, 0.2) is 91.8 Å². The van der Waals surface area contributed by atoms with E-state index in [0.717, 1.165) is 19.6 Å². The van der Waals surface area contributed by atoms with Crippen molar-refractivity contribution in [3.05, 3.63) is 125 Å². The lowest BCUT2D eigenvalue weighted by atomic mass is 9.87. The summed E-state index contributed by atoms with van der Waals surface area (Å²) in [6, 6.07) is 18.8. The van der Waals surface area contributed by atoms with Gasteiger partial charge in [-0.2, -0.15) is 0 Å². The molecule has 192 valence electrons. The Morgan fingerprint density at radius 1 is 0.361 bits per heavy atom. The van der Waals surface area contributed by atoms with Gasteiger partial charge >= 0.3 is 0 Å². The second kappa shape index (κ2) is 17.2. The second-order valence-electron chi connectivity index (χ2n) is 7.95. The quantitative estimate of drug-likeness (QED) is 0.269. The van der Waals surface area contributed by atoms with Gasteiger partial charge in [-0.1, -0.05) is 59.7 Å². The van der Waals surface area contributed by atoms with E-state index in [9.17, 15) is 0 Å². The normalized spacial score (nSPS) is 9.58. The second-order valence-corrected chi connectivity index (χ2v) is 7.95. The maximum Gasteiger partial charge on any atom is 0.174 e. The number of hydrogen-bond donors (Lipinski definition) is 0. The van der Waals surface area contributed by atoms with Crippen LogP contribution in [0.2, 0.25) is 0 Å². The molecule has 0 atom stereocenters. The van der Waals surface area contributed by atoms with Gasteiger partial charge in [-0.15, -0.1) is 0 Å². The Morgan fingerprint density at radius 2 is 0.556 bits per heavy atom. The molecule has 3 heterocycles. The van der Waals surface area contributed by atoms with Crippen molar-refractivity contribution < 1.29 is 13.7 Å². The highest BCUT2D eigenvalue weighted by Crippen LogP contribution is 2.27. The molecule has 0 saturated carbocycles. The van der Waals surface area contributed by atoms with Crippen molar-refractivity contribution in [2.24, 2.45) is 0 Å². The van der Waals surface area contributed by atoms with E-state index in [4.69, 9.17) is 0 Å². The largest absolute Gasteiger partial charge is 0.201 e. The van der Waals surface area contributed by atoms with Crippen molar-refractivity contribution in [2.75, 3.05) is 0 Å². The third kappa shape index (κ3) is 8.41. The summed E-state index contributed by atoms with van der Waals surface area (Å²) in [4.78, 5) is 0. The number of rotatable bonds is 6. The van der Waals surface area contributed by atoms with E-state index in [1.54, 1.807) is 0 Å². The van der Waals surface area contributed by atoms with Crippen LogP contribution in [0.4, 0.5) is 0 Å². The minimum atomic E-state index is 0.887. The van der Waals surface area contributed by atoms with Gasteiger partial charge in [0.15, 0.2) is 56.8 Å². The predicted molar refractivity (Wildman–Crippen MR) is 152 cm³/mol. The summed E-state index contributed by atoms with van der Waals surface area (Å²) in [5, 5.41) is 0. The first-order valence-electron chi connectivity index (χ1n) is 13.6. The molecular formula is C33H48N3+3. The van der Waals surface area contributed by atoms with Crippen LogP contribution < -0.4 is 13.7 Å². The molecule has 0 spiro atoms. The summed E-state index contributed by atoms with van der Waals surface area (Å²) in [7, 11) is 0. The van der Waals surface area contributed by atoms with E-state index in [2.05, 4.69) is 126 Å². The monoisotopic (exact) mass is 486 g/mol. The Hall–Kier alpha value is -3.33. The number of benzene rings is 1. The maximum absolute atomic E-state index is 2.29. The van der Waals surface area contributed by atoms with Crippen LogP contribution >= 0.6 is 0 Å². The third-order valence-corrected chi connectivity index (χ3v) is 6.07. The van der Waals surface area contributed by atoms with Crippen LogP contribution in [0, 0.1) is 20.8 Å². The van der Waals surface area contributed by atoms with E-state index in [0.29, 0.717) is 0 Å². The third-order valence-electron chi connectivity index (χ3n) is 6.07. The highest BCUT2D eigenvalue weighted by atomic mass is 14.9. The van der Waals surface area contributed by atoms with Crippen molar-refractivity contribution in [3.63, 3.8) is 0 Å². The molecule has 4 aromatic rings. The van der Waals surface area contributed by atoms with Crippen molar-refractivity contribution in [1.82, 2.24) is 0 Å². The van der Waals surface area contributed by atoms with Crippen LogP contribution in [0.3, 0.4) is 0 Å². The van der Waals surface area contributed by atoms with Crippen LogP contribution in [-0.2, 0) is 19.6 Å². The summed E-state index contributed by atoms with van der Waals surface area (Å²) < 4.78 is 6.80. The lowest BCUT2D eigenvalue weighted by molar-refractivity contribution is -0.690. The molecule has 4 rings (SSSR count). The predicted octanol–water partition coefficient (Wildman–Crippen LogP) is 6.70. The molecule has 0 aliphatic rings. The zero-order valence-electron chi connectivity index (χ0n) is 24.1. The van der Waals surface area contributed by atoms with E-state index in [-0.39, 0.29) is 0 Å². The van der Waals surface area contributed by atoms with Gasteiger partial charge in [-0.3, -0.25) is 0 Å². The Labute approximate surface area is 220 Å².